The van der Waals surface area contributed by atoms with Crippen LogP contribution in [-0.4, -0.2) is 26.4 Å². The van der Waals surface area contributed by atoms with E-state index in [0.29, 0.717) is 6.04 Å². The van der Waals surface area contributed by atoms with Crippen LogP contribution in [-0.2, 0) is 25.9 Å². The highest BCUT2D eigenvalue weighted by Gasteiger charge is 2.21. The lowest BCUT2D eigenvalue weighted by atomic mass is 9.91. The van der Waals surface area contributed by atoms with Crippen LogP contribution in [0.5, 0.6) is 0 Å². The normalized spacial score (nSPS) is 21.1. The Morgan fingerprint density at radius 2 is 2.14 bits per heavy atom. The molecule has 1 aliphatic carbocycles. The third-order valence-corrected chi connectivity index (χ3v) is 4.92. The molecule has 1 aliphatic heterocycles. The molecule has 4 rings (SSSR count). The van der Waals surface area contributed by atoms with Crippen molar-refractivity contribution in [2.75, 3.05) is 7.05 Å². The summed E-state index contributed by atoms with van der Waals surface area (Å²) in [4.78, 5) is 0. The molecular formula is C16H23N5. The number of rotatable bonds is 3. The molecule has 1 N–H and O–H groups in total. The lowest BCUT2D eigenvalue weighted by Crippen LogP contribution is -2.20. The number of nitrogens with one attached hydrogen (secondary N) is 1. The van der Waals surface area contributed by atoms with Crippen molar-refractivity contribution in [3.8, 4) is 0 Å². The average Bonchev–Trinajstić information content (AvgIpc) is 3.11. The first kappa shape index (κ1) is 13.1. The van der Waals surface area contributed by atoms with E-state index in [2.05, 4.69) is 44.1 Å². The van der Waals surface area contributed by atoms with Crippen LogP contribution < -0.4 is 5.32 Å². The van der Waals surface area contributed by atoms with Gasteiger partial charge in [0.2, 0.25) is 0 Å². The Hall–Kier alpha value is -1.62. The maximum Gasteiger partial charge on any atom is 0.152 e. The van der Waals surface area contributed by atoms with Crippen LogP contribution in [0.3, 0.4) is 0 Å². The highest BCUT2D eigenvalue weighted by Crippen LogP contribution is 2.30. The smallest absolute Gasteiger partial charge is 0.152 e. The van der Waals surface area contributed by atoms with Gasteiger partial charge in [-0.25, -0.2) is 0 Å². The largest absolute Gasteiger partial charge is 0.346 e. The summed E-state index contributed by atoms with van der Waals surface area (Å²) in [5, 5.41) is 12.2. The van der Waals surface area contributed by atoms with Gasteiger partial charge in [-0.2, -0.15) is 0 Å². The monoisotopic (exact) mass is 285 g/mol. The second kappa shape index (κ2) is 5.30. The maximum absolute atomic E-state index is 4.41. The number of aryl methyl sites for hydroxylation is 2. The molecule has 0 saturated heterocycles. The van der Waals surface area contributed by atoms with Crippen molar-refractivity contribution in [3.63, 3.8) is 0 Å². The Morgan fingerprint density at radius 1 is 1.19 bits per heavy atom. The van der Waals surface area contributed by atoms with Crippen molar-refractivity contribution in [2.24, 2.45) is 0 Å². The highest BCUT2D eigenvalue weighted by molar-refractivity contribution is 5.30. The molecule has 2 aliphatic rings. The van der Waals surface area contributed by atoms with E-state index in [0.717, 1.165) is 25.3 Å². The molecule has 21 heavy (non-hydrogen) atoms. The van der Waals surface area contributed by atoms with Gasteiger partial charge in [0.1, 0.15) is 5.82 Å². The zero-order valence-corrected chi connectivity index (χ0v) is 12.7. The number of hydrogen-bond acceptors (Lipinski definition) is 3. The van der Waals surface area contributed by atoms with Gasteiger partial charge in [-0.3, -0.25) is 0 Å². The summed E-state index contributed by atoms with van der Waals surface area (Å²) in [6.07, 6.45) is 11.9. The van der Waals surface area contributed by atoms with Gasteiger partial charge in [0, 0.05) is 31.4 Å². The summed E-state index contributed by atoms with van der Waals surface area (Å²) in [5.74, 6) is 2.28. The molecular weight excluding hydrogens is 262 g/mol. The van der Waals surface area contributed by atoms with Crippen molar-refractivity contribution in [1.82, 2.24) is 24.6 Å². The fourth-order valence-corrected chi connectivity index (χ4v) is 3.79. The van der Waals surface area contributed by atoms with Gasteiger partial charge < -0.3 is 14.5 Å². The number of aromatic nitrogens is 4. The quantitative estimate of drug-likeness (QED) is 0.939. The molecule has 0 amide bonds. The van der Waals surface area contributed by atoms with Gasteiger partial charge in [-0.15, -0.1) is 10.2 Å². The van der Waals surface area contributed by atoms with Crippen molar-refractivity contribution >= 4 is 0 Å². The highest BCUT2D eigenvalue weighted by atomic mass is 15.3. The molecule has 1 unspecified atom stereocenters. The van der Waals surface area contributed by atoms with Crippen LogP contribution in [0.4, 0.5) is 0 Å². The lowest BCUT2D eigenvalue weighted by molar-refractivity contribution is 0.497. The summed E-state index contributed by atoms with van der Waals surface area (Å²) < 4.78 is 4.62. The summed E-state index contributed by atoms with van der Waals surface area (Å²) in [6.45, 7) is 1.92. The third kappa shape index (κ3) is 2.29. The van der Waals surface area contributed by atoms with Crippen LogP contribution in [0, 0.1) is 0 Å². The molecule has 0 radical (unpaired) electrons. The minimum atomic E-state index is 0.516. The molecule has 2 aromatic rings. The van der Waals surface area contributed by atoms with Crippen molar-refractivity contribution in [3.05, 3.63) is 35.2 Å². The Balaban J connectivity index is 1.60. The Morgan fingerprint density at radius 3 is 3.05 bits per heavy atom. The fourth-order valence-electron chi connectivity index (χ4n) is 3.79. The minimum absolute atomic E-state index is 0.516. The zero-order chi connectivity index (χ0) is 14.2. The first-order valence-electron chi connectivity index (χ1n) is 8.12. The second-order valence-corrected chi connectivity index (χ2v) is 6.29. The van der Waals surface area contributed by atoms with Gasteiger partial charge in [-0.05, 0) is 50.3 Å². The van der Waals surface area contributed by atoms with Crippen LogP contribution in [0.15, 0.2) is 12.4 Å². The minimum Gasteiger partial charge on any atom is -0.346 e. The molecule has 0 spiro atoms. The van der Waals surface area contributed by atoms with Gasteiger partial charge in [-0.1, -0.05) is 0 Å². The van der Waals surface area contributed by atoms with E-state index < -0.39 is 0 Å². The van der Waals surface area contributed by atoms with E-state index in [9.17, 15) is 0 Å². The van der Waals surface area contributed by atoms with Crippen LogP contribution in [0.1, 0.15) is 54.5 Å². The number of fused-ring (bicyclic) bond motifs is 2. The molecule has 5 nitrogen and oxygen atoms in total. The third-order valence-electron chi connectivity index (χ3n) is 4.92. The van der Waals surface area contributed by atoms with E-state index in [1.807, 2.05) is 0 Å². The van der Waals surface area contributed by atoms with Crippen LogP contribution >= 0.6 is 0 Å². The van der Waals surface area contributed by atoms with Gasteiger partial charge in [0.15, 0.2) is 5.82 Å². The standard InChI is InChI=1S/C16H23N5/c1-17-14-6-4-5-12-9-20(10-13(12)14)11-16-19-18-15-7-2-3-8-21(15)16/h9-10,14,17H,2-8,11H2,1H3. The van der Waals surface area contributed by atoms with Crippen LogP contribution in [0.2, 0.25) is 0 Å². The number of nitrogens with zero attached hydrogens (tertiary/aromatic N) is 4. The molecule has 0 aromatic carbocycles. The van der Waals surface area contributed by atoms with Crippen LogP contribution in [0.25, 0.3) is 0 Å². The van der Waals surface area contributed by atoms with E-state index in [-0.39, 0.29) is 0 Å². The fraction of sp³-hybridized carbons (Fsp3) is 0.625. The molecule has 112 valence electrons. The Bertz CT molecular complexity index is 639. The maximum atomic E-state index is 4.41. The Labute approximate surface area is 125 Å². The molecule has 2 aromatic heterocycles. The summed E-state index contributed by atoms with van der Waals surface area (Å²) in [7, 11) is 2.06. The predicted octanol–water partition coefficient (Wildman–Crippen LogP) is 2.06. The lowest BCUT2D eigenvalue weighted by Gasteiger charge is -2.21. The second-order valence-electron chi connectivity index (χ2n) is 6.29. The van der Waals surface area contributed by atoms with E-state index in [1.54, 1.807) is 0 Å². The first-order valence-corrected chi connectivity index (χ1v) is 8.12. The molecule has 0 saturated carbocycles. The molecule has 1 atom stereocenters. The number of hydrogen-bond donors (Lipinski definition) is 1. The van der Waals surface area contributed by atoms with Crippen molar-refractivity contribution in [2.45, 2.75) is 57.7 Å². The SMILES string of the molecule is CNC1CCCc2cn(Cc3nnc4n3CCCC4)cc21. The Kier molecular flexibility index (Phi) is 3.30. The van der Waals surface area contributed by atoms with Gasteiger partial charge >= 0.3 is 0 Å². The zero-order valence-electron chi connectivity index (χ0n) is 12.7. The topological polar surface area (TPSA) is 47.7 Å². The summed E-state index contributed by atoms with van der Waals surface area (Å²) in [5.41, 5.74) is 2.97. The van der Waals surface area contributed by atoms with E-state index in [1.165, 1.54) is 49.1 Å². The van der Waals surface area contributed by atoms with Crippen molar-refractivity contribution in [1.29, 1.82) is 0 Å². The summed E-state index contributed by atoms with van der Waals surface area (Å²) >= 11 is 0. The van der Waals surface area contributed by atoms with E-state index >= 15 is 0 Å². The first-order chi connectivity index (χ1) is 10.3. The summed E-state index contributed by atoms with van der Waals surface area (Å²) in [6, 6.07) is 0.516. The molecule has 0 bridgehead atoms. The van der Waals surface area contributed by atoms with Gasteiger partial charge in [0.05, 0.1) is 6.54 Å². The van der Waals surface area contributed by atoms with Gasteiger partial charge in [0.25, 0.3) is 0 Å². The predicted molar refractivity (Wildman–Crippen MR) is 81.2 cm³/mol. The average molecular weight is 285 g/mol. The molecule has 3 heterocycles. The van der Waals surface area contributed by atoms with Crippen molar-refractivity contribution < 1.29 is 0 Å². The van der Waals surface area contributed by atoms with E-state index in [4.69, 9.17) is 0 Å². The molecule has 0 fully saturated rings. The molecule has 5 heteroatoms.